The van der Waals surface area contributed by atoms with Crippen LogP contribution in [0, 0.1) is 0 Å². The minimum Gasteiger partial charge on any atom is -0.375 e. The summed E-state index contributed by atoms with van der Waals surface area (Å²) in [6.45, 7) is 7.94. The molecule has 1 fully saturated rings. The van der Waals surface area contributed by atoms with E-state index in [-0.39, 0.29) is 17.9 Å². The molecule has 0 aliphatic carbocycles. The molecule has 2 aromatic rings. The molecule has 1 aromatic heterocycles. The van der Waals surface area contributed by atoms with Crippen molar-refractivity contribution in [1.29, 1.82) is 0 Å². The summed E-state index contributed by atoms with van der Waals surface area (Å²) in [6.07, 6.45) is 1.74. The van der Waals surface area contributed by atoms with E-state index in [0.717, 1.165) is 11.4 Å². The third-order valence-electron chi connectivity index (χ3n) is 4.18. The zero-order valence-corrected chi connectivity index (χ0v) is 15.0. The number of nitrogens with zero attached hydrogens (tertiary/aromatic N) is 3. The molecule has 128 valence electrons. The van der Waals surface area contributed by atoms with Crippen LogP contribution in [0.5, 0.6) is 0 Å². The van der Waals surface area contributed by atoms with Crippen molar-refractivity contribution in [3.05, 3.63) is 46.7 Å². The summed E-state index contributed by atoms with van der Waals surface area (Å²) < 4.78 is 7.36. The largest absolute Gasteiger partial charge is 0.375 e. The van der Waals surface area contributed by atoms with E-state index >= 15 is 0 Å². The molecule has 1 aliphatic heterocycles. The van der Waals surface area contributed by atoms with Crippen molar-refractivity contribution in [3.63, 3.8) is 0 Å². The zero-order chi connectivity index (χ0) is 17.3. The Kier molecular flexibility index (Phi) is 4.92. The number of carbonyl (C=O) groups excluding carboxylic acids is 1. The van der Waals surface area contributed by atoms with Gasteiger partial charge in [-0.15, -0.1) is 0 Å². The van der Waals surface area contributed by atoms with Gasteiger partial charge in [-0.1, -0.05) is 25.4 Å². The van der Waals surface area contributed by atoms with Gasteiger partial charge in [0.2, 0.25) is 0 Å². The Balaban J connectivity index is 1.97. The van der Waals surface area contributed by atoms with E-state index in [4.69, 9.17) is 16.3 Å². The molecule has 1 saturated heterocycles. The molecule has 1 aliphatic rings. The highest BCUT2D eigenvalue weighted by Crippen LogP contribution is 2.25. The maximum absolute atomic E-state index is 13.0. The number of halogens is 1. The number of aromatic nitrogens is 2. The van der Waals surface area contributed by atoms with Crippen LogP contribution in [-0.2, 0) is 4.74 Å². The topological polar surface area (TPSA) is 47.4 Å². The van der Waals surface area contributed by atoms with E-state index in [1.807, 2.05) is 40.8 Å². The van der Waals surface area contributed by atoms with E-state index in [1.54, 1.807) is 6.20 Å². The number of hydrogen-bond acceptors (Lipinski definition) is 3. The van der Waals surface area contributed by atoms with E-state index < -0.39 is 0 Å². The van der Waals surface area contributed by atoms with Crippen molar-refractivity contribution in [2.45, 2.75) is 32.8 Å². The zero-order valence-electron chi connectivity index (χ0n) is 14.2. The van der Waals surface area contributed by atoms with Crippen molar-refractivity contribution in [2.75, 3.05) is 19.7 Å². The Hall–Kier alpha value is -1.85. The molecule has 1 unspecified atom stereocenters. The second kappa shape index (κ2) is 6.95. The van der Waals surface area contributed by atoms with Gasteiger partial charge >= 0.3 is 0 Å². The van der Waals surface area contributed by atoms with Crippen molar-refractivity contribution in [1.82, 2.24) is 14.7 Å². The van der Waals surface area contributed by atoms with Gasteiger partial charge in [0, 0.05) is 18.1 Å². The van der Waals surface area contributed by atoms with E-state index in [1.165, 1.54) is 0 Å². The molecule has 0 saturated carbocycles. The lowest BCUT2D eigenvalue weighted by atomic mass is 10.0. The molecule has 0 radical (unpaired) electrons. The molecule has 3 rings (SSSR count). The monoisotopic (exact) mass is 347 g/mol. The first-order chi connectivity index (χ1) is 11.5. The molecule has 1 atom stereocenters. The molecule has 6 heteroatoms. The highest BCUT2D eigenvalue weighted by atomic mass is 35.5. The van der Waals surface area contributed by atoms with Crippen LogP contribution in [-0.4, -0.2) is 46.4 Å². The van der Waals surface area contributed by atoms with Crippen molar-refractivity contribution in [2.24, 2.45) is 0 Å². The number of ether oxygens (including phenoxy) is 1. The van der Waals surface area contributed by atoms with Gasteiger partial charge in [0.05, 0.1) is 35.9 Å². The van der Waals surface area contributed by atoms with Crippen LogP contribution in [0.1, 0.15) is 42.7 Å². The van der Waals surface area contributed by atoms with Crippen LogP contribution in [0.25, 0.3) is 5.69 Å². The third kappa shape index (κ3) is 3.32. The number of carbonyl (C=O) groups is 1. The molecule has 1 aromatic carbocycles. The summed E-state index contributed by atoms with van der Waals surface area (Å²) in [5, 5.41) is 5.14. The molecular weight excluding hydrogens is 326 g/mol. The fourth-order valence-electron chi connectivity index (χ4n) is 3.04. The second-order valence-corrected chi connectivity index (χ2v) is 6.86. The van der Waals surface area contributed by atoms with Gasteiger partial charge in [0.15, 0.2) is 0 Å². The minimum atomic E-state index is 0.0223. The Morgan fingerprint density at radius 1 is 1.33 bits per heavy atom. The smallest absolute Gasteiger partial charge is 0.257 e. The van der Waals surface area contributed by atoms with Gasteiger partial charge in [0.25, 0.3) is 5.91 Å². The molecule has 0 spiro atoms. The van der Waals surface area contributed by atoms with Gasteiger partial charge in [-0.2, -0.15) is 5.10 Å². The molecular formula is C18H22ClN3O2. The predicted molar refractivity (Wildman–Crippen MR) is 94.0 cm³/mol. The number of amides is 1. The molecule has 1 amide bonds. The lowest BCUT2D eigenvalue weighted by Gasteiger charge is -2.31. The van der Waals surface area contributed by atoms with Crippen molar-refractivity contribution < 1.29 is 9.53 Å². The highest BCUT2D eigenvalue weighted by molar-refractivity contribution is 6.30. The lowest BCUT2D eigenvalue weighted by Crippen LogP contribution is -2.44. The minimum absolute atomic E-state index is 0.0223. The molecule has 0 bridgehead atoms. The van der Waals surface area contributed by atoms with E-state index in [9.17, 15) is 4.79 Å². The maximum Gasteiger partial charge on any atom is 0.257 e. The SMILES string of the molecule is CC1CN(C(=O)c2cnn(-c3ccc(Cl)cc3)c2C(C)C)CCO1. The fraction of sp³-hybridized carbons (Fsp3) is 0.444. The van der Waals surface area contributed by atoms with Crippen LogP contribution < -0.4 is 0 Å². The van der Waals surface area contributed by atoms with Crippen LogP contribution >= 0.6 is 11.6 Å². The molecule has 5 nitrogen and oxygen atoms in total. The van der Waals surface area contributed by atoms with Gasteiger partial charge in [0.1, 0.15) is 0 Å². The summed E-state index contributed by atoms with van der Waals surface area (Å²) in [7, 11) is 0. The summed E-state index contributed by atoms with van der Waals surface area (Å²) >= 11 is 5.97. The summed E-state index contributed by atoms with van der Waals surface area (Å²) in [5.74, 6) is 0.189. The first kappa shape index (κ1) is 17.0. The Labute approximate surface area is 147 Å². The van der Waals surface area contributed by atoms with Crippen molar-refractivity contribution in [3.8, 4) is 5.69 Å². The molecule has 24 heavy (non-hydrogen) atoms. The van der Waals surface area contributed by atoms with Gasteiger partial charge in [-0.05, 0) is 37.1 Å². The number of rotatable bonds is 3. The fourth-order valence-corrected chi connectivity index (χ4v) is 3.17. The van der Waals surface area contributed by atoms with Crippen LogP contribution in [0.3, 0.4) is 0 Å². The van der Waals surface area contributed by atoms with Crippen LogP contribution in [0.15, 0.2) is 30.5 Å². The first-order valence-corrected chi connectivity index (χ1v) is 8.60. The van der Waals surface area contributed by atoms with E-state index in [0.29, 0.717) is 30.3 Å². The normalized spacial score (nSPS) is 18.2. The lowest BCUT2D eigenvalue weighted by molar-refractivity contribution is -0.0124. The Bertz CT molecular complexity index is 724. The van der Waals surface area contributed by atoms with Gasteiger partial charge in [-0.25, -0.2) is 4.68 Å². The third-order valence-corrected chi connectivity index (χ3v) is 4.44. The number of benzene rings is 1. The van der Waals surface area contributed by atoms with Crippen molar-refractivity contribution >= 4 is 17.5 Å². The Morgan fingerprint density at radius 2 is 2.04 bits per heavy atom. The average Bonchev–Trinajstić information content (AvgIpc) is 3.00. The standard InChI is InChI=1S/C18H22ClN3O2/c1-12(2)17-16(18(23)21-8-9-24-13(3)11-21)10-20-22(17)15-6-4-14(19)5-7-15/h4-7,10,12-13H,8-9,11H2,1-3H3. The first-order valence-electron chi connectivity index (χ1n) is 8.22. The highest BCUT2D eigenvalue weighted by Gasteiger charge is 2.27. The number of morpholine rings is 1. The summed E-state index contributed by atoms with van der Waals surface area (Å²) in [6, 6.07) is 7.47. The predicted octanol–water partition coefficient (Wildman–Crippen LogP) is 3.51. The second-order valence-electron chi connectivity index (χ2n) is 6.42. The van der Waals surface area contributed by atoms with Crippen LogP contribution in [0.4, 0.5) is 0 Å². The Morgan fingerprint density at radius 3 is 2.67 bits per heavy atom. The average molecular weight is 348 g/mol. The van der Waals surface area contributed by atoms with Crippen LogP contribution in [0.2, 0.25) is 5.02 Å². The molecule has 2 heterocycles. The summed E-state index contributed by atoms with van der Waals surface area (Å²) in [4.78, 5) is 14.8. The van der Waals surface area contributed by atoms with Gasteiger partial charge < -0.3 is 9.64 Å². The summed E-state index contributed by atoms with van der Waals surface area (Å²) in [5.41, 5.74) is 2.48. The van der Waals surface area contributed by atoms with Gasteiger partial charge in [-0.3, -0.25) is 4.79 Å². The number of hydrogen-bond donors (Lipinski definition) is 0. The molecule has 0 N–H and O–H groups in total. The maximum atomic E-state index is 13.0. The quantitative estimate of drug-likeness (QED) is 0.853. The van der Waals surface area contributed by atoms with E-state index in [2.05, 4.69) is 18.9 Å².